The maximum atomic E-state index is 14.1. The molecule has 8 heteroatoms. The number of allylic oxidation sites excluding steroid dienone is 5. The van der Waals surface area contributed by atoms with Gasteiger partial charge >= 0.3 is 0 Å². The van der Waals surface area contributed by atoms with Crippen LogP contribution in [0.25, 0.3) is 0 Å². The number of hydrogen-bond donors (Lipinski definition) is 0. The predicted octanol–water partition coefficient (Wildman–Crippen LogP) is 5.21. The standard InChI is InChI=1S/C22H21F3N4O/c1-2-12-29-14-18(15-30-19-9-11-26-21(25)13-19)28-22(29)27-10-8-16-4-3-5-17(23)6-7-20(16)24/h2,6,10-11,13-14,19H,1,5,7-9,12,15H2/b17-6+,20-16-,27-10?/t19-/m1/s1. The first-order chi connectivity index (χ1) is 14.5. The third kappa shape index (κ3) is 6.16. The maximum Gasteiger partial charge on any atom is 0.229 e. The Balaban J connectivity index is 1.66. The molecule has 1 aliphatic carbocycles. The van der Waals surface area contributed by atoms with Crippen LogP contribution < -0.4 is 0 Å². The summed E-state index contributed by atoms with van der Waals surface area (Å²) < 4.78 is 47.9. The molecule has 5 nitrogen and oxygen atoms in total. The molecule has 1 aromatic heterocycles. The number of hydrogen-bond acceptors (Lipinski definition) is 4. The average Bonchev–Trinajstić information content (AvgIpc) is 3.10. The van der Waals surface area contributed by atoms with Gasteiger partial charge in [0.1, 0.15) is 11.7 Å². The third-order valence-corrected chi connectivity index (χ3v) is 4.28. The van der Waals surface area contributed by atoms with Crippen LogP contribution in [0.2, 0.25) is 0 Å². The van der Waals surface area contributed by atoms with Gasteiger partial charge in [-0.15, -0.1) is 6.58 Å². The molecule has 0 fully saturated rings. The minimum Gasteiger partial charge on any atom is -0.367 e. The topological polar surface area (TPSA) is 51.8 Å². The fraction of sp³-hybridized carbons (Fsp3) is 0.318. The highest BCUT2D eigenvalue weighted by atomic mass is 19.1. The molecular weight excluding hydrogens is 393 g/mol. The molecule has 0 saturated heterocycles. The van der Waals surface area contributed by atoms with E-state index in [4.69, 9.17) is 4.74 Å². The van der Waals surface area contributed by atoms with Gasteiger partial charge in [-0.1, -0.05) is 17.9 Å². The van der Waals surface area contributed by atoms with Gasteiger partial charge in [-0.3, -0.25) is 0 Å². The smallest absolute Gasteiger partial charge is 0.229 e. The molecule has 1 aliphatic heterocycles. The summed E-state index contributed by atoms with van der Waals surface area (Å²) in [5.74, 6) is 4.22. The normalized spacial score (nSPS) is 23.2. The number of rotatable bonds is 8. The van der Waals surface area contributed by atoms with Gasteiger partial charge in [0.25, 0.3) is 0 Å². The molecule has 0 aromatic carbocycles. The lowest BCUT2D eigenvalue weighted by Gasteiger charge is -2.13. The summed E-state index contributed by atoms with van der Waals surface area (Å²) in [5, 5.41) is 0. The second-order valence-corrected chi connectivity index (χ2v) is 6.59. The number of halogens is 3. The van der Waals surface area contributed by atoms with Crippen LogP contribution in [0.4, 0.5) is 19.1 Å². The molecule has 3 rings (SSSR count). The van der Waals surface area contributed by atoms with Gasteiger partial charge < -0.3 is 9.30 Å². The van der Waals surface area contributed by atoms with Gasteiger partial charge in [-0.25, -0.2) is 23.7 Å². The minimum atomic E-state index is -0.564. The molecule has 0 spiro atoms. The van der Waals surface area contributed by atoms with Gasteiger partial charge in [-0.2, -0.15) is 4.39 Å². The van der Waals surface area contributed by atoms with Crippen LogP contribution >= 0.6 is 0 Å². The van der Waals surface area contributed by atoms with E-state index in [2.05, 4.69) is 33.4 Å². The van der Waals surface area contributed by atoms with E-state index in [1.807, 2.05) is 0 Å². The molecule has 30 heavy (non-hydrogen) atoms. The summed E-state index contributed by atoms with van der Waals surface area (Å²) in [5.41, 5.74) is 0.901. The van der Waals surface area contributed by atoms with Crippen molar-refractivity contribution in [3.8, 4) is 11.8 Å². The Morgan fingerprint density at radius 3 is 3.03 bits per heavy atom. The zero-order valence-corrected chi connectivity index (χ0v) is 16.3. The Kier molecular flexibility index (Phi) is 7.57. The second kappa shape index (κ2) is 10.6. The van der Waals surface area contributed by atoms with Crippen molar-refractivity contribution in [2.75, 3.05) is 0 Å². The van der Waals surface area contributed by atoms with Crippen molar-refractivity contribution >= 4 is 18.4 Å². The first-order valence-corrected chi connectivity index (χ1v) is 9.47. The van der Waals surface area contributed by atoms with Crippen molar-refractivity contribution in [1.82, 2.24) is 9.55 Å². The zero-order chi connectivity index (χ0) is 21.3. The SMILES string of the molecule is C=CCn1cc(CO[C@H]2C=C(F)N=CC2)nc1N=CC/C1=C(\F)C/C=C(/F)CC#C1. The highest BCUT2D eigenvalue weighted by molar-refractivity contribution is 5.66. The van der Waals surface area contributed by atoms with E-state index < -0.39 is 23.7 Å². The van der Waals surface area contributed by atoms with Crippen LogP contribution in [-0.2, 0) is 17.9 Å². The Hall–Kier alpha value is -3.18. The summed E-state index contributed by atoms with van der Waals surface area (Å²) in [6.45, 7) is 4.37. The molecule has 1 atom stereocenters. The fourth-order valence-electron chi connectivity index (χ4n) is 2.80. The summed E-state index contributed by atoms with van der Waals surface area (Å²) in [6.07, 6.45) is 9.12. The van der Waals surface area contributed by atoms with Gasteiger partial charge in [0.05, 0.1) is 24.8 Å². The van der Waals surface area contributed by atoms with Crippen molar-refractivity contribution in [3.63, 3.8) is 0 Å². The number of imidazole rings is 1. The molecule has 0 N–H and O–H groups in total. The quantitative estimate of drug-likeness (QED) is 0.254. The van der Waals surface area contributed by atoms with E-state index >= 15 is 0 Å². The molecule has 156 valence electrons. The van der Waals surface area contributed by atoms with Crippen LogP contribution in [0.15, 0.2) is 64.2 Å². The number of aromatic nitrogens is 2. The van der Waals surface area contributed by atoms with Crippen molar-refractivity contribution < 1.29 is 17.9 Å². The van der Waals surface area contributed by atoms with Gasteiger partial charge in [0, 0.05) is 50.0 Å². The monoisotopic (exact) mass is 414 g/mol. The van der Waals surface area contributed by atoms with Crippen LogP contribution in [0, 0.1) is 11.8 Å². The van der Waals surface area contributed by atoms with Crippen LogP contribution in [0.1, 0.15) is 31.4 Å². The maximum absolute atomic E-state index is 14.1. The van der Waals surface area contributed by atoms with Crippen LogP contribution in [0.5, 0.6) is 0 Å². The molecule has 0 bridgehead atoms. The Morgan fingerprint density at radius 2 is 2.23 bits per heavy atom. The summed E-state index contributed by atoms with van der Waals surface area (Å²) in [4.78, 5) is 12.3. The largest absolute Gasteiger partial charge is 0.367 e. The summed E-state index contributed by atoms with van der Waals surface area (Å²) >= 11 is 0. The molecule has 2 aliphatic rings. The highest BCUT2D eigenvalue weighted by Crippen LogP contribution is 2.20. The van der Waals surface area contributed by atoms with E-state index in [0.717, 1.165) is 0 Å². The lowest BCUT2D eigenvalue weighted by atomic mass is 10.1. The van der Waals surface area contributed by atoms with Gasteiger partial charge in [0.15, 0.2) is 0 Å². The van der Waals surface area contributed by atoms with E-state index in [1.54, 1.807) is 16.8 Å². The molecule has 0 radical (unpaired) electrons. The highest BCUT2D eigenvalue weighted by Gasteiger charge is 2.13. The Morgan fingerprint density at radius 1 is 1.37 bits per heavy atom. The second-order valence-electron chi connectivity index (χ2n) is 6.59. The predicted molar refractivity (Wildman–Crippen MR) is 110 cm³/mol. The lowest BCUT2D eigenvalue weighted by molar-refractivity contribution is 0.0728. The zero-order valence-electron chi connectivity index (χ0n) is 16.3. The van der Waals surface area contributed by atoms with E-state index in [1.165, 1.54) is 24.6 Å². The molecule has 0 amide bonds. The fourth-order valence-corrected chi connectivity index (χ4v) is 2.80. The van der Waals surface area contributed by atoms with Gasteiger partial charge in [0.2, 0.25) is 11.9 Å². The van der Waals surface area contributed by atoms with Crippen LogP contribution in [-0.4, -0.2) is 28.1 Å². The first-order valence-electron chi connectivity index (χ1n) is 9.47. The van der Waals surface area contributed by atoms with Crippen molar-refractivity contribution in [1.29, 1.82) is 0 Å². The summed E-state index contributed by atoms with van der Waals surface area (Å²) in [6, 6.07) is 0. The molecule has 1 aromatic rings. The average molecular weight is 414 g/mol. The number of nitrogens with zero attached hydrogens (tertiary/aromatic N) is 4. The first kappa shape index (κ1) is 21.5. The van der Waals surface area contributed by atoms with E-state index in [0.29, 0.717) is 24.6 Å². The Bertz CT molecular complexity index is 1010. The molecule has 0 unspecified atom stereocenters. The molecular formula is C22H21F3N4O. The molecule has 2 heterocycles. The van der Waals surface area contributed by atoms with Crippen molar-refractivity contribution in [3.05, 3.63) is 59.9 Å². The van der Waals surface area contributed by atoms with E-state index in [-0.39, 0.29) is 31.4 Å². The number of ether oxygens (including phenoxy) is 1. The Labute approximate surface area is 173 Å². The van der Waals surface area contributed by atoms with Crippen molar-refractivity contribution in [2.45, 2.75) is 44.9 Å². The molecule has 0 saturated carbocycles. The van der Waals surface area contributed by atoms with Gasteiger partial charge in [-0.05, 0) is 12.2 Å². The van der Waals surface area contributed by atoms with Crippen molar-refractivity contribution in [2.24, 2.45) is 9.98 Å². The minimum absolute atomic E-state index is 0.0209. The number of aliphatic imine (C=N–C) groups is 2. The summed E-state index contributed by atoms with van der Waals surface area (Å²) in [7, 11) is 0. The third-order valence-electron chi connectivity index (χ3n) is 4.28. The van der Waals surface area contributed by atoms with E-state index in [9.17, 15) is 13.2 Å². The van der Waals surface area contributed by atoms with Crippen LogP contribution in [0.3, 0.4) is 0 Å². The lowest BCUT2D eigenvalue weighted by Crippen LogP contribution is -2.13.